The van der Waals surface area contributed by atoms with Crippen LogP contribution in [-0.4, -0.2) is 62.2 Å². The summed E-state index contributed by atoms with van der Waals surface area (Å²) < 4.78 is 39.2. The van der Waals surface area contributed by atoms with E-state index in [0.29, 0.717) is 24.7 Å². The van der Waals surface area contributed by atoms with E-state index in [1.807, 2.05) is 40.2 Å². The molecule has 13 heteroatoms. The van der Waals surface area contributed by atoms with Crippen molar-refractivity contribution in [2.75, 3.05) is 19.6 Å². The van der Waals surface area contributed by atoms with Gasteiger partial charge in [0.15, 0.2) is 0 Å². The van der Waals surface area contributed by atoms with Crippen molar-refractivity contribution in [1.29, 1.82) is 0 Å². The molecule has 1 unspecified atom stereocenters. The van der Waals surface area contributed by atoms with E-state index in [1.54, 1.807) is 23.8 Å². The van der Waals surface area contributed by atoms with E-state index < -0.39 is 12.1 Å². The SMILES string of the molecule is Cn1ccnc1C1CNCCN1C(=O)Cc1coc(-c2cccs2)n1.O=C(O)C(F)(F)F. The highest BCUT2D eigenvalue weighted by Gasteiger charge is 2.38. The van der Waals surface area contributed by atoms with Gasteiger partial charge in [0, 0.05) is 39.1 Å². The molecule has 4 rings (SSSR count). The van der Waals surface area contributed by atoms with Crippen LogP contribution in [0.3, 0.4) is 0 Å². The predicted octanol–water partition coefficient (Wildman–Crippen LogP) is 2.49. The summed E-state index contributed by atoms with van der Waals surface area (Å²) in [5.74, 6) is -1.26. The number of nitrogens with zero attached hydrogens (tertiary/aromatic N) is 4. The molecule has 1 fully saturated rings. The number of oxazole rings is 1. The van der Waals surface area contributed by atoms with Gasteiger partial charge in [-0.15, -0.1) is 11.3 Å². The fourth-order valence-electron chi connectivity index (χ4n) is 3.09. The van der Waals surface area contributed by atoms with E-state index >= 15 is 0 Å². The molecule has 0 aliphatic carbocycles. The highest BCUT2D eigenvalue weighted by Crippen LogP contribution is 2.25. The second-order valence-electron chi connectivity index (χ2n) is 6.80. The average Bonchev–Trinajstić information content (AvgIpc) is 3.49. The molecular formula is C19H20F3N5O4S. The van der Waals surface area contributed by atoms with Crippen molar-refractivity contribution in [3.8, 4) is 10.8 Å². The van der Waals surface area contributed by atoms with Gasteiger partial charge in [-0.1, -0.05) is 6.07 Å². The number of carbonyl (C=O) groups excluding carboxylic acids is 1. The molecule has 3 aromatic rings. The van der Waals surface area contributed by atoms with E-state index in [2.05, 4.69) is 15.3 Å². The zero-order valence-corrected chi connectivity index (χ0v) is 17.7. The number of rotatable bonds is 4. The molecule has 1 atom stereocenters. The molecule has 172 valence electrons. The number of aryl methyl sites for hydroxylation is 1. The van der Waals surface area contributed by atoms with Gasteiger partial charge in [-0.3, -0.25) is 4.79 Å². The lowest BCUT2D eigenvalue weighted by atomic mass is 10.1. The van der Waals surface area contributed by atoms with E-state index in [-0.39, 0.29) is 18.4 Å². The van der Waals surface area contributed by atoms with Crippen LogP contribution in [0.15, 0.2) is 40.6 Å². The van der Waals surface area contributed by atoms with Crippen LogP contribution >= 0.6 is 11.3 Å². The van der Waals surface area contributed by atoms with Gasteiger partial charge in [0.05, 0.1) is 17.0 Å². The molecule has 1 amide bonds. The van der Waals surface area contributed by atoms with Gasteiger partial charge < -0.3 is 24.3 Å². The van der Waals surface area contributed by atoms with Crippen molar-refractivity contribution >= 4 is 23.2 Å². The molecule has 0 spiro atoms. The summed E-state index contributed by atoms with van der Waals surface area (Å²) in [5, 5.41) is 12.4. The third-order valence-electron chi connectivity index (χ3n) is 4.58. The Morgan fingerprint density at radius 2 is 2.16 bits per heavy atom. The number of halogens is 3. The number of hydrogen-bond acceptors (Lipinski definition) is 7. The summed E-state index contributed by atoms with van der Waals surface area (Å²) >= 11 is 1.57. The number of imidazole rings is 1. The molecule has 0 aromatic carbocycles. The standard InChI is InChI=1S/C17H19N5O2S.C2HF3O2/c1-21-6-5-19-16(21)13-10-18-4-7-22(13)15(23)9-12-11-24-17(20-12)14-3-2-8-25-14;3-2(4,5)1(6)7/h2-3,5-6,8,11,13,18H,4,7,9-10H2,1H3;(H,6,7). The number of aliphatic carboxylic acids is 1. The van der Waals surface area contributed by atoms with Gasteiger partial charge in [0.2, 0.25) is 11.8 Å². The van der Waals surface area contributed by atoms with Crippen molar-refractivity contribution < 1.29 is 32.3 Å². The Bertz CT molecular complexity index is 1050. The molecular weight excluding hydrogens is 451 g/mol. The minimum atomic E-state index is -5.08. The maximum atomic E-state index is 12.9. The second kappa shape index (κ2) is 9.96. The summed E-state index contributed by atoms with van der Waals surface area (Å²) in [6.45, 7) is 2.15. The van der Waals surface area contributed by atoms with Crippen molar-refractivity contribution in [3.05, 3.63) is 47.7 Å². The van der Waals surface area contributed by atoms with Gasteiger partial charge in [-0.25, -0.2) is 14.8 Å². The smallest absolute Gasteiger partial charge is 0.475 e. The van der Waals surface area contributed by atoms with Crippen LogP contribution in [0.5, 0.6) is 0 Å². The van der Waals surface area contributed by atoms with E-state index in [0.717, 1.165) is 17.2 Å². The zero-order valence-electron chi connectivity index (χ0n) is 16.9. The summed E-state index contributed by atoms with van der Waals surface area (Å²) in [6.07, 6.45) is 0.385. The first-order valence-corrected chi connectivity index (χ1v) is 10.3. The van der Waals surface area contributed by atoms with Crippen LogP contribution in [-0.2, 0) is 23.1 Å². The number of thiophene rings is 1. The molecule has 4 heterocycles. The van der Waals surface area contributed by atoms with Crippen molar-refractivity contribution in [2.45, 2.75) is 18.6 Å². The molecule has 0 saturated carbocycles. The molecule has 1 saturated heterocycles. The largest absolute Gasteiger partial charge is 0.490 e. The molecule has 3 aromatic heterocycles. The van der Waals surface area contributed by atoms with Crippen LogP contribution in [0, 0.1) is 0 Å². The van der Waals surface area contributed by atoms with Crippen molar-refractivity contribution in [1.82, 2.24) is 24.8 Å². The van der Waals surface area contributed by atoms with Gasteiger partial charge in [-0.2, -0.15) is 13.2 Å². The topological polar surface area (TPSA) is 113 Å². The molecule has 0 radical (unpaired) electrons. The molecule has 1 aliphatic heterocycles. The lowest BCUT2D eigenvalue weighted by Crippen LogP contribution is -2.49. The second-order valence-corrected chi connectivity index (χ2v) is 7.75. The highest BCUT2D eigenvalue weighted by molar-refractivity contribution is 7.13. The minimum absolute atomic E-state index is 0.0422. The van der Waals surface area contributed by atoms with Crippen molar-refractivity contribution in [2.24, 2.45) is 7.05 Å². The first-order valence-electron chi connectivity index (χ1n) is 9.42. The number of nitrogens with one attached hydrogen (secondary N) is 1. The number of alkyl halides is 3. The maximum absolute atomic E-state index is 12.9. The quantitative estimate of drug-likeness (QED) is 0.601. The Hall–Kier alpha value is -3.19. The van der Waals surface area contributed by atoms with Crippen LogP contribution in [0.2, 0.25) is 0 Å². The van der Waals surface area contributed by atoms with Crippen LogP contribution < -0.4 is 5.32 Å². The average molecular weight is 471 g/mol. The summed E-state index contributed by atoms with van der Waals surface area (Å²) in [4.78, 5) is 33.5. The summed E-state index contributed by atoms with van der Waals surface area (Å²) in [7, 11) is 1.95. The first kappa shape index (κ1) is 23.5. The van der Waals surface area contributed by atoms with Gasteiger partial charge in [0.1, 0.15) is 18.1 Å². The van der Waals surface area contributed by atoms with Crippen LogP contribution in [0.1, 0.15) is 17.6 Å². The third-order valence-corrected chi connectivity index (χ3v) is 5.44. The Morgan fingerprint density at radius 3 is 2.75 bits per heavy atom. The van der Waals surface area contributed by atoms with Crippen molar-refractivity contribution in [3.63, 3.8) is 0 Å². The molecule has 0 bridgehead atoms. The Labute approximate surface area is 184 Å². The Balaban J connectivity index is 0.000000360. The number of piperazine rings is 1. The normalized spacial score (nSPS) is 16.4. The number of carbonyl (C=O) groups is 2. The minimum Gasteiger partial charge on any atom is -0.475 e. The predicted molar refractivity (Wildman–Crippen MR) is 108 cm³/mol. The van der Waals surface area contributed by atoms with Crippen LogP contribution in [0.4, 0.5) is 13.2 Å². The number of hydrogen-bond donors (Lipinski definition) is 2. The number of amides is 1. The van der Waals surface area contributed by atoms with Gasteiger partial charge in [0.25, 0.3) is 0 Å². The van der Waals surface area contributed by atoms with Crippen LogP contribution in [0.25, 0.3) is 10.8 Å². The maximum Gasteiger partial charge on any atom is 0.490 e. The zero-order chi connectivity index (χ0) is 23.3. The van der Waals surface area contributed by atoms with E-state index in [9.17, 15) is 18.0 Å². The lowest BCUT2D eigenvalue weighted by Gasteiger charge is -2.35. The number of carboxylic acids is 1. The van der Waals surface area contributed by atoms with Gasteiger partial charge >= 0.3 is 12.1 Å². The fourth-order valence-corrected chi connectivity index (χ4v) is 3.75. The number of aromatic nitrogens is 3. The molecule has 9 nitrogen and oxygen atoms in total. The molecule has 2 N–H and O–H groups in total. The Morgan fingerprint density at radius 1 is 1.41 bits per heavy atom. The lowest BCUT2D eigenvalue weighted by molar-refractivity contribution is -0.192. The first-order chi connectivity index (χ1) is 15.2. The highest BCUT2D eigenvalue weighted by atomic mass is 32.1. The fraction of sp³-hybridized carbons (Fsp3) is 0.368. The number of carboxylic acid groups (broad SMARTS) is 1. The monoisotopic (exact) mass is 471 g/mol. The Kier molecular flexibility index (Phi) is 7.30. The van der Waals surface area contributed by atoms with E-state index in [4.69, 9.17) is 14.3 Å². The summed E-state index contributed by atoms with van der Waals surface area (Å²) in [5.41, 5.74) is 0.658. The third kappa shape index (κ3) is 5.73. The van der Waals surface area contributed by atoms with Gasteiger partial charge in [-0.05, 0) is 11.4 Å². The summed E-state index contributed by atoms with van der Waals surface area (Å²) in [6, 6.07) is 3.84. The molecule has 32 heavy (non-hydrogen) atoms. The van der Waals surface area contributed by atoms with E-state index in [1.165, 1.54) is 0 Å². The molecule has 1 aliphatic rings.